The van der Waals surface area contributed by atoms with E-state index in [0.717, 1.165) is 9.86 Å². The SMILES string of the molecule is NCC(C(=O)O)c1c(O)ccc2cc(Br)ccc12. The molecule has 0 spiro atoms. The zero-order chi connectivity index (χ0) is 13.3. The van der Waals surface area contributed by atoms with Gasteiger partial charge in [-0.05, 0) is 29.0 Å². The molecule has 1 unspecified atom stereocenters. The highest BCUT2D eigenvalue weighted by Crippen LogP contribution is 2.34. The molecule has 2 aromatic rings. The van der Waals surface area contributed by atoms with Crippen LogP contribution in [0.2, 0.25) is 0 Å². The number of carboxylic acid groups (broad SMARTS) is 1. The Labute approximate surface area is 112 Å². The van der Waals surface area contributed by atoms with E-state index in [4.69, 9.17) is 10.8 Å². The Morgan fingerprint density at radius 2 is 2.06 bits per heavy atom. The smallest absolute Gasteiger partial charge is 0.312 e. The van der Waals surface area contributed by atoms with Gasteiger partial charge in [-0.1, -0.05) is 28.1 Å². The van der Waals surface area contributed by atoms with Crippen LogP contribution in [0.4, 0.5) is 0 Å². The maximum absolute atomic E-state index is 11.2. The first-order chi connectivity index (χ1) is 8.54. The van der Waals surface area contributed by atoms with E-state index in [9.17, 15) is 9.90 Å². The zero-order valence-electron chi connectivity index (χ0n) is 9.43. The Morgan fingerprint density at radius 1 is 1.33 bits per heavy atom. The van der Waals surface area contributed by atoms with Crippen LogP contribution >= 0.6 is 15.9 Å². The van der Waals surface area contributed by atoms with Crippen LogP contribution in [-0.2, 0) is 4.79 Å². The molecule has 1 atom stereocenters. The Kier molecular flexibility index (Phi) is 3.54. The number of phenolic OH excluding ortho intramolecular Hbond substituents is 1. The molecule has 0 aromatic heterocycles. The molecule has 2 rings (SSSR count). The van der Waals surface area contributed by atoms with Crippen LogP contribution in [0.3, 0.4) is 0 Å². The summed E-state index contributed by atoms with van der Waals surface area (Å²) >= 11 is 3.36. The molecule has 0 aliphatic carbocycles. The Hall–Kier alpha value is -1.59. The highest BCUT2D eigenvalue weighted by Gasteiger charge is 2.23. The molecule has 0 heterocycles. The number of carboxylic acids is 1. The molecule has 0 radical (unpaired) electrons. The average molecular weight is 310 g/mol. The van der Waals surface area contributed by atoms with Gasteiger partial charge in [0.15, 0.2) is 0 Å². The van der Waals surface area contributed by atoms with Gasteiger partial charge in [-0.15, -0.1) is 0 Å². The number of hydrogen-bond acceptors (Lipinski definition) is 3. The summed E-state index contributed by atoms with van der Waals surface area (Å²) in [5.41, 5.74) is 5.86. The van der Waals surface area contributed by atoms with Crippen LogP contribution in [0.5, 0.6) is 5.75 Å². The Balaban J connectivity index is 2.75. The standard InChI is InChI=1S/C13H12BrNO3/c14-8-2-3-9-7(5-8)1-4-11(16)12(9)10(6-15)13(17)18/h1-5,10,16H,6,15H2,(H,17,18). The second kappa shape index (κ2) is 4.96. The van der Waals surface area contributed by atoms with Gasteiger partial charge in [0.05, 0.1) is 5.92 Å². The predicted molar refractivity (Wildman–Crippen MR) is 72.7 cm³/mol. The molecule has 94 valence electrons. The predicted octanol–water partition coefficient (Wildman–Crippen LogP) is 2.43. The van der Waals surface area contributed by atoms with Crippen molar-refractivity contribution in [2.24, 2.45) is 5.73 Å². The molecule has 4 N–H and O–H groups in total. The van der Waals surface area contributed by atoms with Crippen molar-refractivity contribution in [2.45, 2.75) is 5.92 Å². The number of halogens is 1. The van der Waals surface area contributed by atoms with Crippen molar-refractivity contribution in [1.29, 1.82) is 0 Å². The highest BCUT2D eigenvalue weighted by atomic mass is 79.9. The highest BCUT2D eigenvalue weighted by molar-refractivity contribution is 9.10. The molecule has 0 saturated carbocycles. The van der Waals surface area contributed by atoms with Crippen LogP contribution in [-0.4, -0.2) is 22.7 Å². The summed E-state index contributed by atoms with van der Waals surface area (Å²) in [6.45, 7) is -0.0575. The number of benzene rings is 2. The van der Waals surface area contributed by atoms with Gasteiger partial charge in [-0.2, -0.15) is 0 Å². The zero-order valence-corrected chi connectivity index (χ0v) is 11.0. The minimum absolute atomic E-state index is 0.0392. The monoisotopic (exact) mass is 309 g/mol. The molecular formula is C13H12BrNO3. The maximum Gasteiger partial charge on any atom is 0.312 e. The van der Waals surface area contributed by atoms with E-state index in [2.05, 4.69) is 15.9 Å². The van der Waals surface area contributed by atoms with E-state index in [1.54, 1.807) is 18.2 Å². The second-order valence-corrected chi connectivity index (χ2v) is 4.91. The molecule has 0 fully saturated rings. The van der Waals surface area contributed by atoms with Crippen molar-refractivity contribution in [3.63, 3.8) is 0 Å². The van der Waals surface area contributed by atoms with Gasteiger partial charge in [-0.3, -0.25) is 4.79 Å². The molecule has 0 aliphatic heterocycles. The van der Waals surface area contributed by atoms with Crippen LogP contribution < -0.4 is 5.73 Å². The lowest BCUT2D eigenvalue weighted by Gasteiger charge is -2.15. The summed E-state index contributed by atoms with van der Waals surface area (Å²) in [6.07, 6.45) is 0. The van der Waals surface area contributed by atoms with Crippen molar-refractivity contribution >= 4 is 32.7 Å². The topological polar surface area (TPSA) is 83.6 Å². The van der Waals surface area contributed by atoms with E-state index >= 15 is 0 Å². The van der Waals surface area contributed by atoms with Gasteiger partial charge < -0.3 is 15.9 Å². The van der Waals surface area contributed by atoms with Gasteiger partial charge in [-0.25, -0.2) is 0 Å². The fraction of sp³-hybridized carbons (Fsp3) is 0.154. The molecule has 0 saturated heterocycles. The van der Waals surface area contributed by atoms with Gasteiger partial charge >= 0.3 is 5.97 Å². The number of fused-ring (bicyclic) bond motifs is 1. The average Bonchev–Trinajstić information content (AvgIpc) is 2.32. The number of aliphatic carboxylic acids is 1. The summed E-state index contributed by atoms with van der Waals surface area (Å²) in [5.74, 6) is -1.99. The molecule has 4 nitrogen and oxygen atoms in total. The second-order valence-electron chi connectivity index (χ2n) is 3.99. The van der Waals surface area contributed by atoms with Crippen molar-refractivity contribution in [3.05, 3.63) is 40.4 Å². The van der Waals surface area contributed by atoms with Crippen LogP contribution in [0, 0.1) is 0 Å². The Bertz CT molecular complexity index is 612. The van der Waals surface area contributed by atoms with E-state index in [0.29, 0.717) is 10.9 Å². The fourth-order valence-electron chi connectivity index (χ4n) is 2.02. The summed E-state index contributed by atoms with van der Waals surface area (Å²) in [4.78, 5) is 11.2. The van der Waals surface area contributed by atoms with Crippen molar-refractivity contribution in [1.82, 2.24) is 0 Å². The maximum atomic E-state index is 11.2. The van der Waals surface area contributed by atoms with Crippen LogP contribution in [0.25, 0.3) is 10.8 Å². The number of hydrogen-bond donors (Lipinski definition) is 3. The molecule has 0 bridgehead atoms. The third kappa shape index (κ3) is 2.19. The lowest BCUT2D eigenvalue weighted by Crippen LogP contribution is -2.21. The van der Waals surface area contributed by atoms with Crippen molar-refractivity contribution in [2.75, 3.05) is 6.54 Å². The summed E-state index contributed by atoms with van der Waals surface area (Å²) in [6, 6.07) is 8.69. The van der Waals surface area contributed by atoms with Crippen LogP contribution in [0.1, 0.15) is 11.5 Å². The van der Waals surface area contributed by atoms with Gasteiger partial charge in [0, 0.05) is 16.6 Å². The summed E-state index contributed by atoms with van der Waals surface area (Å²) in [5, 5.41) is 20.6. The van der Waals surface area contributed by atoms with E-state index in [-0.39, 0.29) is 12.3 Å². The number of carbonyl (C=O) groups is 1. The molecule has 18 heavy (non-hydrogen) atoms. The van der Waals surface area contributed by atoms with Crippen molar-refractivity contribution in [3.8, 4) is 5.75 Å². The normalized spacial score (nSPS) is 12.6. The molecule has 0 aliphatic rings. The van der Waals surface area contributed by atoms with E-state index in [1.807, 2.05) is 6.07 Å². The quantitative estimate of drug-likeness (QED) is 0.813. The minimum atomic E-state index is -1.04. The minimum Gasteiger partial charge on any atom is -0.508 e. The number of aromatic hydroxyl groups is 1. The van der Waals surface area contributed by atoms with Gasteiger partial charge in [0.2, 0.25) is 0 Å². The summed E-state index contributed by atoms with van der Waals surface area (Å²) in [7, 11) is 0. The Morgan fingerprint density at radius 3 is 2.67 bits per heavy atom. The third-order valence-corrected chi connectivity index (χ3v) is 3.38. The number of rotatable bonds is 3. The summed E-state index contributed by atoms with van der Waals surface area (Å²) < 4.78 is 0.895. The first-order valence-electron chi connectivity index (χ1n) is 5.38. The van der Waals surface area contributed by atoms with Crippen LogP contribution in [0.15, 0.2) is 34.8 Å². The first-order valence-corrected chi connectivity index (χ1v) is 6.18. The third-order valence-electron chi connectivity index (χ3n) is 2.88. The van der Waals surface area contributed by atoms with E-state index in [1.165, 1.54) is 6.07 Å². The molecule has 2 aromatic carbocycles. The first kappa shape index (κ1) is 12.9. The van der Waals surface area contributed by atoms with E-state index < -0.39 is 11.9 Å². The number of nitrogens with two attached hydrogens (primary N) is 1. The van der Waals surface area contributed by atoms with Crippen molar-refractivity contribution < 1.29 is 15.0 Å². The molecule has 5 heteroatoms. The largest absolute Gasteiger partial charge is 0.508 e. The fourth-order valence-corrected chi connectivity index (χ4v) is 2.40. The van der Waals surface area contributed by atoms with Gasteiger partial charge in [0.25, 0.3) is 0 Å². The number of phenols is 1. The molecule has 0 amide bonds. The van der Waals surface area contributed by atoms with Gasteiger partial charge in [0.1, 0.15) is 5.75 Å². The molecular weight excluding hydrogens is 298 g/mol. The lowest BCUT2D eigenvalue weighted by atomic mass is 9.92. The lowest BCUT2D eigenvalue weighted by molar-refractivity contribution is -0.138.